The summed E-state index contributed by atoms with van der Waals surface area (Å²) >= 11 is 3.24. The highest BCUT2D eigenvalue weighted by molar-refractivity contribution is 7.15. The number of nitrogens with zero attached hydrogens (tertiary/aromatic N) is 2. The number of aromatic amines is 1. The second kappa shape index (κ2) is 5.75. The third-order valence-corrected chi connectivity index (χ3v) is 4.90. The second-order valence-electron chi connectivity index (χ2n) is 4.67. The van der Waals surface area contributed by atoms with Crippen molar-refractivity contribution in [2.75, 3.05) is 5.43 Å². The van der Waals surface area contributed by atoms with Gasteiger partial charge in [-0.2, -0.15) is 5.10 Å². The minimum atomic E-state index is 0.791. The third kappa shape index (κ3) is 2.54. The molecule has 0 radical (unpaired) electrons. The lowest BCUT2D eigenvalue weighted by atomic mass is 10.2. The van der Waals surface area contributed by atoms with E-state index in [-0.39, 0.29) is 0 Å². The van der Waals surface area contributed by atoms with Crippen LogP contribution in [0.3, 0.4) is 0 Å². The smallest absolute Gasteiger partial charge is 0.203 e. The normalized spacial score (nSPS) is 11.5. The number of thiophene rings is 1. The Hall–Kier alpha value is -2.44. The Labute approximate surface area is 135 Å². The SMILES string of the molecule is C(=N/Nc1nc(-c2cccs2)cs1)/c1c[nH]c2ccccc12. The van der Waals surface area contributed by atoms with Crippen LogP contribution in [0, 0.1) is 0 Å². The summed E-state index contributed by atoms with van der Waals surface area (Å²) in [5.41, 5.74) is 6.15. The number of fused-ring (bicyclic) bond motifs is 1. The minimum absolute atomic E-state index is 0.791. The molecule has 6 heteroatoms. The van der Waals surface area contributed by atoms with E-state index in [1.54, 1.807) is 22.7 Å². The molecule has 0 atom stereocenters. The highest BCUT2D eigenvalue weighted by Gasteiger charge is 2.04. The Morgan fingerprint density at radius 2 is 2.09 bits per heavy atom. The molecule has 3 aromatic heterocycles. The molecule has 3 heterocycles. The molecule has 22 heavy (non-hydrogen) atoms. The standard InChI is InChI=1S/C16H12N4S2/c1-2-5-13-12(4-1)11(8-17-13)9-18-20-16-19-14(10-22-16)15-6-3-7-21-15/h1-10,17H,(H,19,20)/b18-9-. The molecular formula is C16H12N4S2. The zero-order valence-electron chi connectivity index (χ0n) is 11.5. The highest BCUT2D eigenvalue weighted by atomic mass is 32.1. The van der Waals surface area contributed by atoms with Gasteiger partial charge >= 0.3 is 0 Å². The first kappa shape index (κ1) is 13.2. The first-order chi connectivity index (χ1) is 10.9. The van der Waals surface area contributed by atoms with Gasteiger partial charge in [0.2, 0.25) is 5.13 Å². The molecule has 0 fully saturated rings. The number of hydrogen-bond donors (Lipinski definition) is 2. The predicted octanol–water partition coefficient (Wildman–Crippen LogP) is 4.80. The lowest BCUT2D eigenvalue weighted by molar-refractivity contribution is 1.29. The Morgan fingerprint density at radius 3 is 3.00 bits per heavy atom. The maximum absolute atomic E-state index is 4.53. The molecule has 0 unspecified atom stereocenters. The molecule has 4 nitrogen and oxygen atoms in total. The van der Waals surface area contributed by atoms with Crippen molar-refractivity contribution in [2.45, 2.75) is 0 Å². The first-order valence-electron chi connectivity index (χ1n) is 6.75. The van der Waals surface area contributed by atoms with Gasteiger partial charge in [0, 0.05) is 28.0 Å². The average Bonchev–Trinajstić information content (AvgIpc) is 3.28. The van der Waals surface area contributed by atoms with Gasteiger partial charge in [-0.05, 0) is 17.5 Å². The largest absolute Gasteiger partial charge is 0.361 e. The Morgan fingerprint density at radius 1 is 1.14 bits per heavy atom. The van der Waals surface area contributed by atoms with Gasteiger partial charge in [-0.25, -0.2) is 4.98 Å². The fourth-order valence-corrected chi connectivity index (χ4v) is 3.64. The number of thiazole rings is 1. The van der Waals surface area contributed by atoms with E-state index in [4.69, 9.17) is 0 Å². The summed E-state index contributed by atoms with van der Waals surface area (Å²) in [6, 6.07) is 12.3. The topological polar surface area (TPSA) is 53.1 Å². The highest BCUT2D eigenvalue weighted by Crippen LogP contribution is 2.28. The maximum Gasteiger partial charge on any atom is 0.203 e. The van der Waals surface area contributed by atoms with E-state index < -0.39 is 0 Å². The molecule has 0 amide bonds. The lowest BCUT2D eigenvalue weighted by Gasteiger charge is -1.93. The van der Waals surface area contributed by atoms with E-state index in [0.29, 0.717) is 0 Å². The van der Waals surface area contributed by atoms with E-state index in [2.05, 4.69) is 38.0 Å². The van der Waals surface area contributed by atoms with Gasteiger partial charge < -0.3 is 4.98 Å². The monoisotopic (exact) mass is 324 g/mol. The molecular weight excluding hydrogens is 312 g/mol. The van der Waals surface area contributed by atoms with Gasteiger partial charge in [-0.15, -0.1) is 22.7 Å². The number of H-pyrrole nitrogens is 1. The fraction of sp³-hybridized carbons (Fsp3) is 0. The number of hydrogen-bond acceptors (Lipinski definition) is 5. The zero-order chi connectivity index (χ0) is 14.8. The quantitative estimate of drug-likeness (QED) is 0.418. The van der Waals surface area contributed by atoms with E-state index in [9.17, 15) is 0 Å². The van der Waals surface area contributed by atoms with Gasteiger partial charge in [-0.3, -0.25) is 5.43 Å². The van der Waals surface area contributed by atoms with Crippen molar-refractivity contribution in [2.24, 2.45) is 5.10 Å². The number of para-hydroxylation sites is 1. The first-order valence-corrected chi connectivity index (χ1v) is 8.51. The summed E-state index contributed by atoms with van der Waals surface area (Å²) < 4.78 is 0. The summed E-state index contributed by atoms with van der Waals surface area (Å²) in [6.07, 6.45) is 3.76. The Balaban J connectivity index is 1.50. The lowest BCUT2D eigenvalue weighted by Crippen LogP contribution is -1.89. The third-order valence-electron chi connectivity index (χ3n) is 3.26. The summed E-state index contributed by atoms with van der Waals surface area (Å²) in [5, 5.41) is 10.3. The van der Waals surface area contributed by atoms with E-state index >= 15 is 0 Å². The van der Waals surface area contributed by atoms with Crippen molar-refractivity contribution in [3.05, 3.63) is 58.9 Å². The van der Waals surface area contributed by atoms with Crippen LogP contribution in [-0.2, 0) is 0 Å². The van der Waals surface area contributed by atoms with Crippen LogP contribution >= 0.6 is 22.7 Å². The van der Waals surface area contributed by atoms with Crippen LogP contribution in [0.15, 0.2) is 58.5 Å². The number of nitrogens with one attached hydrogen (secondary N) is 2. The van der Waals surface area contributed by atoms with Gasteiger partial charge in [0.15, 0.2) is 0 Å². The molecule has 0 bridgehead atoms. The number of benzene rings is 1. The van der Waals surface area contributed by atoms with E-state index in [0.717, 1.165) is 27.3 Å². The van der Waals surface area contributed by atoms with Crippen LogP contribution in [0.4, 0.5) is 5.13 Å². The minimum Gasteiger partial charge on any atom is -0.361 e. The molecule has 0 aliphatic heterocycles. The van der Waals surface area contributed by atoms with E-state index in [1.807, 2.05) is 42.1 Å². The summed E-state index contributed by atoms with van der Waals surface area (Å²) in [6.45, 7) is 0. The second-order valence-corrected chi connectivity index (χ2v) is 6.48. The molecule has 0 saturated heterocycles. The molecule has 4 rings (SSSR count). The molecule has 0 spiro atoms. The van der Waals surface area contributed by atoms with Crippen LogP contribution in [0.2, 0.25) is 0 Å². The van der Waals surface area contributed by atoms with Gasteiger partial charge in [0.25, 0.3) is 0 Å². The van der Waals surface area contributed by atoms with Crippen molar-refractivity contribution in [3.8, 4) is 10.6 Å². The number of anilines is 1. The van der Waals surface area contributed by atoms with Crippen molar-refractivity contribution in [3.63, 3.8) is 0 Å². The average molecular weight is 324 g/mol. The zero-order valence-corrected chi connectivity index (χ0v) is 13.1. The van der Waals surface area contributed by atoms with Crippen LogP contribution in [0.1, 0.15) is 5.56 Å². The van der Waals surface area contributed by atoms with Crippen LogP contribution in [0.5, 0.6) is 0 Å². The molecule has 0 aliphatic carbocycles. The number of hydrazone groups is 1. The van der Waals surface area contributed by atoms with Crippen molar-refractivity contribution in [1.29, 1.82) is 0 Å². The summed E-state index contributed by atoms with van der Waals surface area (Å²) in [4.78, 5) is 8.93. The van der Waals surface area contributed by atoms with Crippen molar-refractivity contribution >= 4 is 44.9 Å². The van der Waals surface area contributed by atoms with E-state index in [1.165, 1.54) is 4.88 Å². The van der Waals surface area contributed by atoms with Crippen LogP contribution in [0.25, 0.3) is 21.5 Å². The number of rotatable bonds is 4. The molecule has 0 saturated carbocycles. The number of aromatic nitrogens is 2. The summed E-state index contributed by atoms with van der Waals surface area (Å²) in [7, 11) is 0. The molecule has 4 aromatic rings. The molecule has 1 aromatic carbocycles. The Kier molecular flexibility index (Phi) is 3.46. The summed E-state index contributed by atoms with van der Waals surface area (Å²) in [5.74, 6) is 0. The van der Waals surface area contributed by atoms with Gasteiger partial charge in [0.05, 0.1) is 16.8 Å². The predicted molar refractivity (Wildman–Crippen MR) is 94.9 cm³/mol. The van der Waals surface area contributed by atoms with Crippen molar-refractivity contribution < 1.29 is 0 Å². The van der Waals surface area contributed by atoms with Crippen molar-refractivity contribution in [1.82, 2.24) is 9.97 Å². The molecule has 108 valence electrons. The maximum atomic E-state index is 4.53. The fourth-order valence-electron chi connectivity index (χ4n) is 2.22. The van der Waals surface area contributed by atoms with Gasteiger partial charge in [0.1, 0.15) is 0 Å². The van der Waals surface area contributed by atoms with Gasteiger partial charge in [-0.1, -0.05) is 24.3 Å². The Bertz CT molecular complexity index is 919. The van der Waals surface area contributed by atoms with Crippen LogP contribution < -0.4 is 5.43 Å². The van der Waals surface area contributed by atoms with Crippen LogP contribution in [-0.4, -0.2) is 16.2 Å². The molecule has 2 N–H and O–H groups in total. The molecule has 0 aliphatic rings.